The molecule has 0 aliphatic heterocycles. The highest BCUT2D eigenvalue weighted by molar-refractivity contribution is 5.93. The molecule has 1 saturated carbocycles. The van der Waals surface area contributed by atoms with Gasteiger partial charge in [-0.1, -0.05) is 6.92 Å². The number of carbonyl (C=O) groups is 2. The number of H-pyrrole nitrogens is 2. The lowest BCUT2D eigenvalue weighted by atomic mass is 9.83. The minimum Gasteiger partial charge on any atom is -0.376 e. The van der Waals surface area contributed by atoms with Crippen LogP contribution >= 0.6 is 0 Å². The molecule has 1 aliphatic rings. The molecule has 3 atom stereocenters. The maximum absolute atomic E-state index is 12.6. The molecule has 2 amide bonds. The van der Waals surface area contributed by atoms with Crippen LogP contribution in [0.2, 0.25) is 0 Å². The molecule has 1 aliphatic carbocycles. The molecular formula is C18H26N6O3. The lowest BCUT2D eigenvalue weighted by Gasteiger charge is -2.35. The summed E-state index contributed by atoms with van der Waals surface area (Å²) in [6, 6.07) is -0.216. The van der Waals surface area contributed by atoms with Gasteiger partial charge < -0.3 is 20.4 Å². The third kappa shape index (κ3) is 5.16. The fourth-order valence-corrected chi connectivity index (χ4v) is 3.34. The van der Waals surface area contributed by atoms with Crippen LogP contribution in [0.25, 0.3) is 0 Å². The van der Waals surface area contributed by atoms with Crippen molar-refractivity contribution in [2.24, 2.45) is 5.92 Å². The predicted octanol–water partition coefficient (Wildman–Crippen LogP) is 1.14. The summed E-state index contributed by atoms with van der Waals surface area (Å²) >= 11 is 0. The van der Waals surface area contributed by atoms with Crippen molar-refractivity contribution in [3.8, 4) is 0 Å². The summed E-state index contributed by atoms with van der Waals surface area (Å²) in [5, 5.41) is 12.4. The van der Waals surface area contributed by atoms with Gasteiger partial charge in [0.25, 0.3) is 5.91 Å². The van der Waals surface area contributed by atoms with E-state index >= 15 is 0 Å². The molecule has 3 rings (SSSR count). The predicted molar refractivity (Wildman–Crippen MR) is 97.6 cm³/mol. The maximum Gasteiger partial charge on any atom is 0.254 e. The van der Waals surface area contributed by atoms with Gasteiger partial charge in [0, 0.05) is 31.1 Å². The number of aromatic nitrogens is 4. The van der Waals surface area contributed by atoms with Crippen molar-refractivity contribution < 1.29 is 14.3 Å². The number of rotatable bonds is 8. The first-order chi connectivity index (χ1) is 13.2. The Hall–Kier alpha value is -2.68. The quantitative estimate of drug-likeness (QED) is 0.551. The van der Waals surface area contributed by atoms with Crippen LogP contribution in [0.15, 0.2) is 24.8 Å². The summed E-state index contributed by atoms with van der Waals surface area (Å²) in [5.41, 5.74) is 0.466. The summed E-state index contributed by atoms with van der Waals surface area (Å²) in [7, 11) is 0. The van der Waals surface area contributed by atoms with Gasteiger partial charge in [-0.15, -0.1) is 0 Å². The number of hydrogen-bond acceptors (Lipinski definition) is 5. The van der Waals surface area contributed by atoms with Gasteiger partial charge >= 0.3 is 0 Å². The SMILES string of the molecule is CCCO[C@@H]1CC[C@H](C(=O)NCc2ncc[nH]2)C[C@H]1NC(=O)c1cn[nH]c1. The Balaban J connectivity index is 1.59. The Labute approximate surface area is 157 Å². The summed E-state index contributed by atoms with van der Waals surface area (Å²) < 4.78 is 5.93. The van der Waals surface area contributed by atoms with E-state index in [9.17, 15) is 9.59 Å². The fourth-order valence-electron chi connectivity index (χ4n) is 3.34. The normalized spacial score (nSPS) is 22.3. The van der Waals surface area contributed by atoms with Crippen LogP contribution in [0, 0.1) is 5.92 Å². The third-order valence-corrected chi connectivity index (χ3v) is 4.76. The summed E-state index contributed by atoms with van der Waals surface area (Å²) in [5.74, 6) is 0.308. The van der Waals surface area contributed by atoms with Gasteiger partial charge in [-0.25, -0.2) is 4.98 Å². The van der Waals surface area contributed by atoms with E-state index in [-0.39, 0.29) is 29.9 Å². The zero-order valence-corrected chi connectivity index (χ0v) is 15.4. The molecule has 0 radical (unpaired) electrons. The molecule has 0 saturated heterocycles. The Morgan fingerprint density at radius 2 is 2.26 bits per heavy atom. The van der Waals surface area contributed by atoms with E-state index in [0.717, 1.165) is 19.3 Å². The van der Waals surface area contributed by atoms with E-state index in [2.05, 4.69) is 30.8 Å². The van der Waals surface area contributed by atoms with E-state index in [1.807, 2.05) is 6.92 Å². The number of ether oxygens (including phenoxy) is 1. The highest BCUT2D eigenvalue weighted by Crippen LogP contribution is 2.27. The lowest BCUT2D eigenvalue weighted by Crippen LogP contribution is -2.50. The molecule has 4 N–H and O–H groups in total. The second kappa shape index (κ2) is 9.31. The van der Waals surface area contributed by atoms with Gasteiger partial charge in [-0.3, -0.25) is 14.7 Å². The van der Waals surface area contributed by atoms with Crippen molar-refractivity contribution in [2.45, 2.75) is 51.3 Å². The van der Waals surface area contributed by atoms with E-state index in [1.165, 1.54) is 6.20 Å². The summed E-state index contributed by atoms with van der Waals surface area (Å²) in [6.45, 7) is 3.05. The minimum absolute atomic E-state index is 0.0251. The molecule has 0 unspecified atom stereocenters. The molecule has 0 spiro atoms. The maximum atomic E-state index is 12.6. The number of imidazole rings is 1. The molecule has 27 heavy (non-hydrogen) atoms. The Morgan fingerprint density at radius 1 is 1.37 bits per heavy atom. The van der Waals surface area contributed by atoms with Gasteiger partial charge in [0.15, 0.2) is 0 Å². The van der Waals surface area contributed by atoms with Crippen molar-refractivity contribution >= 4 is 11.8 Å². The van der Waals surface area contributed by atoms with E-state index < -0.39 is 0 Å². The molecule has 1 fully saturated rings. The van der Waals surface area contributed by atoms with Gasteiger partial charge in [-0.2, -0.15) is 5.10 Å². The van der Waals surface area contributed by atoms with Crippen LogP contribution in [-0.2, 0) is 16.1 Å². The smallest absolute Gasteiger partial charge is 0.254 e. The first kappa shape index (κ1) is 19.1. The molecule has 146 valence electrons. The molecule has 2 heterocycles. The zero-order chi connectivity index (χ0) is 19.1. The van der Waals surface area contributed by atoms with Crippen LogP contribution in [0.5, 0.6) is 0 Å². The number of hydrogen-bond donors (Lipinski definition) is 4. The standard InChI is InChI=1S/C18H26N6O3/c1-2-7-27-15-4-3-12(17(25)21-11-16-19-5-6-20-16)8-14(15)24-18(26)13-9-22-23-10-13/h5-6,9-10,12,14-15H,2-4,7-8,11H2,1H3,(H,19,20)(H,21,25)(H,22,23)(H,24,26)/t12-,14+,15+/m0/s1. The molecule has 2 aromatic rings. The molecule has 9 heteroatoms. The van der Waals surface area contributed by atoms with Crippen LogP contribution in [0.4, 0.5) is 0 Å². The second-order valence-electron chi connectivity index (χ2n) is 6.74. The third-order valence-electron chi connectivity index (χ3n) is 4.76. The minimum atomic E-state index is -0.216. The average Bonchev–Trinajstić information content (AvgIpc) is 3.38. The van der Waals surface area contributed by atoms with Crippen LogP contribution in [0.1, 0.15) is 48.8 Å². The van der Waals surface area contributed by atoms with Crippen LogP contribution < -0.4 is 10.6 Å². The first-order valence-electron chi connectivity index (χ1n) is 9.34. The van der Waals surface area contributed by atoms with Crippen LogP contribution in [0.3, 0.4) is 0 Å². The summed E-state index contributed by atoms with van der Waals surface area (Å²) in [4.78, 5) is 32.0. The van der Waals surface area contributed by atoms with Gasteiger partial charge in [0.05, 0.1) is 30.5 Å². The van der Waals surface area contributed by atoms with Crippen molar-refractivity contribution in [1.82, 2.24) is 30.8 Å². The zero-order valence-electron chi connectivity index (χ0n) is 15.4. The Morgan fingerprint density at radius 3 is 2.96 bits per heavy atom. The topological polar surface area (TPSA) is 125 Å². The Bertz CT molecular complexity index is 716. The van der Waals surface area contributed by atoms with Crippen molar-refractivity contribution in [3.63, 3.8) is 0 Å². The second-order valence-corrected chi connectivity index (χ2v) is 6.74. The molecule has 9 nitrogen and oxygen atoms in total. The van der Waals surface area contributed by atoms with Crippen molar-refractivity contribution in [1.29, 1.82) is 0 Å². The van der Waals surface area contributed by atoms with E-state index in [0.29, 0.717) is 31.0 Å². The van der Waals surface area contributed by atoms with Gasteiger partial charge in [0.2, 0.25) is 5.91 Å². The molecule has 0 aromatic carbocycles. The number of aromatic amines is 2. The van der Waals surface area contributed by atoms with Crippen molar-refractivity contribution in [3.05, 3.63) is 36.2 Å². The van der Waals surface area contributed by atoms with Gasteiger partial charge in [0.1, 0.15) is 5.82 Å². The Kier molecular flexibility index (Phi) is 6.59. The first-order valence-corrected chi connectivity index (χ1v) is 9.34. The lowest BCUT2D eigenvalue weighted by molar-refractivity contribution is -0.127. The molecule has 0 bridgehead atoms. The van der Waals surface area contributed by atoms with Crippen LogP contribution in [-0.4, -0.2) is 50.7 Å². The van der Waals surface area contributed by atoms with Crippen molar-refractivity contribution in [2.75, 3.05) is 6.61 Å². The highest BCUT2D eigenvalue weighted by atomic mass is 16.5. The number of nitrogens with zero attached hydrogens (tertiary/aromatic N) is 2. The molecule has 2 aromatic heterocycles. The average molecular weight is 374 g/mol. The number of carbonyl (C=O) groups excluding carboxylic acids is 2. The number of amides is 2. The largest absolute Gasteiger partial charge is 0.376 e. The fraction of sp³-hybridized carbons (Fsp3) is 0.556. The number of nitrogens with one attached hydrogen (secondary N) is 4. The summed E-state index contributed by atoms with van der Waals surface area (Å²) in [6.07, 6.45) is 9.23. The molecular weight excluding hydrogens is 348 g/mol. The van der Waals surface area contributed by atoms with E-state index in [4.69, 9.17) is 4.74 Å². The van der Waals surface area contributed by atoms with Gasteiger partial charge in [-0.05, 0) is 25.7 Å². The monoisotopic (exact) mass is 374 g/mol. The highest BCUT2D eigenvalue weighted by Gasteiger charge is 2.35. The van der Waals surface area contributed by atoms with E-state index in [1.54, 1.807) is 18.6 Å².